The van der Waals surface area contributed by atoms with E-state index in [1.165, 1.54) is 5.56 Å². The van der Waals surface area contributed by atoms with Crippen molar-refractivity contribution >= 4 is 15.9 Å². The number of alkyl halides is 1. The van der Waals surface area contributed by atoms with Gasteiger partial charge in [-0.25, -0.2) is 0 Å². The first kappa shape index (κ1) is 9.59. The Labute approximate surface area is 81.9 Å². The lowest BCUT2D eigenvalue weighted by molar-refractivity contribution is 0.315. The van der Waals surface area contributed by atoms with Gasteiger partial charge in [0.05, 0.1) is 6.61 Å². The summed E-state index contributed by atoms with van der Waals surface area (Å²) in [6.07, 6.45) is 1.05. The molecule has 66 valence electrons. The Morgan fingerprint density at radius 3 is 2.75 bits per heavy atom. The number of benzene rings is 1. The number of hydrogen-bond donors (Lipinski definition) is 0. The third-order valence-corrected chi connectivity index (χ3v) is 2.18. The highest BCUT2D eigenvalue weighted by molar-refractivity contribution is 9.08. The Kier molecular flexibility index (Phi) is 4.15. The molecule has 0 aliphatic carbocycles. The minimum Gasteiger partial charge on any atom is -0.493 e. The summed E-state index contributed by atoms with van der Waals surface area (Å²) >= 11 is 3.42. The van der Waals surface area contributed by atoms with Crippen LogP contribution in [0.1, 0.15) is 18.9 Å². The van der Waals surface area contributed by atoms with Gasteiger partial charge in [-0.3, -0.25) is 0 Å². The number of rotatable bonds is 4. The molecule has 0 aliphatic heterocycles. The molecular weight excluding hydrogens is 216 g/mol. The van der Waals surface area contributed by atoms with Gasteiger partial charge >= 0.3 is 0 Å². The zero-order valence-corrected chi connectivity index (χ0v) is 8.80. The van der Waals surface area contributed by atoms with Crippen LogP contribution in [0.4, 0.5) is 0 Å². The monoisotopic (exact) mass is 228 g/mol. The van der Waals surface area contributed by atoms with Crippen molar-refractivity contribution in [2.24, 2.45) is 0 Å². The minimum atomic E-state index is 0.796. The highest BCUT2D eigenvalue weighted by atomic mass is 79.9. The number of halogens is 1. The summed E-state index contributed by atoms with van der Waals surface area (Å²) in [4.78, 5) is 0. The molecule has 0 radical (unpaired) electrons. The van der Waals surface area contributed by atoms with E-state index in [0.717, 1.165) is 24.1 Å². The molecule has 0 unspecified atom stereocenters. The maximum Gasteiger partial charge on any atom is 0.123 e. The zero-order valence-electron chi connectivity index (χ0n) is 7.22. The van der Waals surface area contributed by atoms with E-state index < -0.39 is 0 Å². The smallest absolute Gasteiger partial charge is 0.123 e. The molecule has 1 rings (SSSR count). The van der Waals surface area contributed by atoms with Gasteiger partial charge in [0.1, 0.15) is 5.75 Å². The highest BCUT2D eigenvalue weighted by Crippen LogP contribution is 2.20. The molecule has 2 heteroatoms. The minimum absolute atomic E-state index is 0.796. The Hall–Kier alpha value is -0.500. The molecule has 0 aliphatic rings. The molecule has 12 heavy (non-hydrogen) atoms. The van der Waals surface area contributed by atoms with Crippen LogP contribution in [0, 0.1) is 0 Å². The van der Waals surface area contributed by atoms with Crippen molar-refractivity contribution in [2.75, 3.05) is 6.61 Å². The first-order valence-electron chi connectivity index (χ1n) is 4.15. The fraction of sp³-hybridized carbons (Fsp3) is 0.400. The van der Waals surface area contributed by atoms with E-state index in [4.69, 9.17) is 4.74 Å². The number of hydrogen-bond acceptors (Lipinski definition) is 1. The van der Waals surface area contributed by atoms with Crippen LogP contribution < -0.4 is 4.74 Å². The molecule has 0 bridgehead atoms. The average molecular weight is 229 g/mol. The van der Waals surface area contributed by atoms with E-state index in [9.17, 15) is 0 Å². The standard InChI is InChI=1S/C10H13BrO/c1-2-7-12-10-6-4-3-5-9(10)8-11/h3-6H,2,7-8H2,1H3. The van der Waals surface area contributed by atoms with Gasteiger partial charge < -0.3 is 4.74 Å². The van der Waals surface area contributed by atoms with Gasteiger partial charge in [-0.05, 0) is 12.5 Å². The fourth-order valence-electron chi connectivity index (χ4n) is 0.967. The normalized spacial score (nSPS) is 9.83. The molecule has 0 saturated carbocycles. The summed E-state index contributed by atoms with van der Waals surface area (Å²) in [5.74, 6) is 0.997. The van der Waals surface area contributed by atoms with Gasteiger partial charge in [0.15, 0.2) is 0 Å². The molecule has 0 spiro atoms. The van der Waals surface area contributed by atoms with Crippen molar-refractivity contribution in [3.8, 4) is 5.75 Å². The lowest BCUT2D eigenvalue weighted by Gasteiger charge is -2.07. The molecule has 0 atom stereocenters. The zero-order chi connectivity index (χ0) is 8.81. The number of ether oxygens (including phenoxy) is 1. The van der Waals surface area contributed by atoms with Crippen LogP contribution in [0.5, 0.6) is 5.75 Å². The van der Waals surface area contributed by atoms with Gasteiger partial charge in [-0.1, -0.05) is 41.1 Å². The lowest BCUT2D eigenvalue weighted by Crippen LogP contribution is -1.97. The Bertz CT molecular complexity index is 235. The first-order valence-corrected chi connectivity index (χ1v) is 5.27. The predicted octanol–water partition coefficient (Wildman–Crippen LogP) is 3.37. The Balaban J connectivity index is 2.68. The third kappa shape index (κ3) is 2.52. The maximum absolute atomic E-state index is 5.55. The van der Waals surface area contributed by atoms with Crippen molar-refractivity contribution in [3.63, 3.8) is 0 Å². The Morgan fingerprint density at radius 1 is 1.33 bits per heavy atom. The van der Waals surface area contributed by atoms with Crippen molar-refractivity contribution in [1.29, 1.82) is 0 Å². The molecule has 0 heterocycles. The molecule has 1 aromatic rings. The van der Waals surface area contributed by atoms with Gasteiger partial charge in [0.2, 0.25) is 0 Å². The van der Waals surface area contributed by atoms with Gasteiger partial charge in [0.25, 0.3) is 0 Å². The second-order valence-corrected chi connectivity index (χ2v) is 3.15. The largest absolute Gasteiger partial charge is 0.493 e. The van der Waals surface area contributed by atoms with E-state index in [1.54, 1.807) is 0 Å². The summed E-state index contributed by atoms with van der Waals surface area (Å²) in [5.41, 5.74) is 1.21. The fourth-order valence-corrected chi connectivity index (χ4v) is 1.43. The predicted molar refractivity (Wildman–Crippen MR) is 54.9 cm³/mol. The lowest BCUT2D eigenvalue weighted by atomic mass is 10.2. The van der Waals surface area contributed by atoms with E-state index >= 15 is 0 Å². The molecule has 1 aromatic carbocycles. The van der Waals surface area contributed by atoms with Gasteiger partial charge in [0, 0.05) is 10.9 Å². The van der Waals surface area contributed by atoms with Crippen molar-refractivity contribution in [2.45, 2.75) is 18.7 Å². The molecule has 0 saturated heterocycles. The van der Waals surface area contributed by atoms with Crippen LogP contribution in [0.25, 0.3) is 0 Å². The van der Waals surface area contributed by atoms with E-state index in [-0.39, 0.29) is 0 Å². The second kappa shape index (κ2) is 5.20. The van der Waals surface area contributed by atoms with Crippen LogP contribution in [-0.2, 0) is 5.33 Å². The summed E-state index contributed by atoms with van der Waals surface area (Å²) in [5, 5.41) is 0.854. The average Bonchev–Trinajstić information content (AvgIpc) is 2.15. The van der Waals surface area contributed by atoms with Crippen molar-refractivity contribution < 1.29 is 4.74 Å². The van der Waals surface area contributed by atoms with Crippen LogP contribution in [0.3, 0.4) is 0 Å². The number of para-hydroxylation sites is 1. The van der Waals surface area contributed by atoms with Crippen LogP contribution in [0.15, 0.2) is 24.3 Å². The molecule has 0 aromatic heterocycles. The molecular formula is C10H13BrO. The summed E-state index contributed by atoms with van der Waals surface area (Å²) in [6, 6.07) is 8.10. The topological polar surface area (TPSA) is 9.23 Å². The summed E-state index contributed by atoms with van der Waals surface area (Å²) in [7, 11) is 0. The molecule has 0 fully saturated rings. The van der Waals surface area contributed by atoms with Crippen LogP contribution in [0.2, 0.25) is 0 Å². The highest BCUT2D eigenvalue weighted by Gasteiger charge is 1.98. The van der Waals surface area contributed by atoms with Crippen molar-refractivity contribution in [1.82, 2.24) is 0 Å². The van der Waals surface area contributed by atoms with E-state index in [1.807, 2.05) is 18.2 Å². The van der Waals surface area contributed by atoms with Crippen molar-refractivity contribution in [3.05, 3.63) is 29.8 Å². The van der Waals surface area contributed by atoms with Gasteiger partial charge in [-0.15, -0.1) is 0 Å². The Morgan fingerprint density at radius 2 is 2.08 bits per heavy atom. The van der Waals surface area contributed by atoms with E-state index in [2.05, 4.69) is 28.9 Å². The SMILES string of the molecule is CCCOc1ccccc1CBr. The van der Waals surface area contributed by atoms with Crippen LogP contribution in [-0.4, -0.2) is 6.61 Å². The summed E-state index contributed by atoms with van der Waals surface area (Å²) < 4.78 is 5.55. The molecule has 0 amide bonds. The quantitative estimate of drug-likeness (QED) is 0.719. The van der Waals surface area contributed by atoms with Gasteiger partial charge in [-0.2, -0.15) is 0 Å². The summed E-state index contributed by atoms with van der Waals surface area (Å²) in [6.45, 7) is 2.90. The maximum atomic E-state index is 5.55. The second-order valence-electron chi connectivity index (χ2n) is 2.59. The van der Waals surface area contributed by atoms with E-state index in [0.29, 0.717) is 0 Å². The van der Waals surface area contributed by atoms with Crippen LogP contribution >= 0.6 is 15.9 Å². The first-order chi connectivity index (χ1) is 5.88. The molecule has 0 N–H and O–H groups in total. The third-order valence-electron chi connectivity index (χ3n) is 1.58. The molecule has 1 nitrogen and oxygen atoms in total.